The molecule has 0 atom stereocenters. The number of carbonyl (C=O) groups is 1. The van der Waals surface area contributed by atoms with Crippen molar-refractivity contribution in [2.24, 2.45) is 0 Å². The van der Waals surface area contributed by atoms with Crippen molar-refractivity contribution in [2.75, 3.05) is 18.2 Å². The molecule has 4 heteroatoms. The second kappa shape index (κ2) is 7.09. The van der Waals surface area contributed by atoms with Crippen LogP contribution in [0.1, 0.15) is 21.5 Å². The van der Waals surface area contributed by atoms with Crippen LogP contribution in [0.5, 0.6) is 5.75 Å². The van der Waals surface area contributed by atoms with Crippen molar-refractivity contribution in [3.63, 3.8) is 0 Å². The van der Waals surface area contributed by atoms with E-state index in [-0.39, 0.29) is 5.78 Å². The number of nitrogens with one attached hydrogen (secondary N) is 1. The van der Waals surface area contributed by atoms with Crippen molar-refractivity contribution in [2.45, 2.75) is 6.92 Å². The molecule has 0 heterocycles. The molecule has 0 amide bonds. The highest BCUT2D eigenvalue weighted by atomic mass is 16.5. The predicted molar refractivity (Wildman–Crippen MR) is 102 cm³/mol. The fraction of sp³-hybridized carbons (Fsp3) is 0.0952. The number of nitrogens with two attached hydrogens (primary N) is 1. The van der Waals surface area contributed by atoms with E-state index in [4.69, 9.17) is 10.5 Å². The summed E-state index contributed by atoms with van der Waals surface area (Å²) < 4.78 is 5.29. The molecule has 0 unspecified atom stereocenters. The molecule has 4 nitrogen and oxygen atoms in total. The molecule has 0 saturated carbocycles. The lowest BCUT2D eigenvalue weighted by Gasteiger charge is -2.10. The minimum atomic E-state index is -0.0379. The fourth-order valence-electron chi connectivity index (χ4n) is 2.60. The number of para-hydroxylation sites is 2. The van der Waals surface area contributed by atoms with Gasteiger partial charge >= 0.3 is 0 Å². The minimum absolute atomic E-state index is 0.0379. The number of hydrogen-bond donors (Lipinski definition) is 2. The summed E-state index contributed by atoms with van der Waals surface area (Å²) in [5, 5.41) is 3.25. The first-order valence-electron chi connectivity index (χ1n) is 7.99. The number of ketones is 1. The molecule has 25 heavy (non-hydrogen) atoms. The first-order valence-corrected chi connectivity index (χ1v) is 7.99. The summed E-state index contributed by atoms with van der Waals surface area (Å²) >= 11 is 0. The molecule has 0 aliphatic heterocycles. The monoisotopic (exact) mass is 332 g/mol. The van der Waals surface area contributed by atoms with E-state index in [1.807, 2.05) is 55.5 Å². The van der Waals surface area contributed by atoms with Crippen molar-refractivity contribution in [3.8, 4) is 5.75 Å². The Morgan fingerprint density at radius 2 is 1.64 bits per heavy atom. The average Bonchev–Trinajstić information content (AvgIpc) is 2.64. The molecule has 0 bridgehead atoms. The second-order valence-corrected chi connectivity index (χ2v) is 5.80. The first kappa shape index (κ1) is 16.6. The number of anilines is 3. The molecule has 0 radical (unpaired) electrons. The van der Waals surface area contributed by atoms with Crippen LogP contribution in [0.3, 0.4) is 0 Å². The molecular weight excluding hydrogens is 312 g/mol. The Kier molecular flexibility index (Phi) is 4.70. The lowest BCUT2D eigenvalue weighted by Crippen LogP contribution is -2.03. The Labute approximate surface area is 147 Å². The highest BCUT2D eigenvalue weighted by Gasteiger charge is 2.11. The van der Waals surface area contributed by atoms with E-state index >= 15 is 0 Å². The molecule has 3 aromatic carbocycles. The van der Waals surface area contributed by atoms with Gasteiger partial charge in [-0.1, -0.05) is 24.3 Å². The van der Waals surface area contributed by atoms with Gasteiger partial charge in [-0.25, -0.2) is 0 Å². The van der Waals surface area contributed by atoms with E-state index in [9.17, 15) is 4.79 Å². The Bertz CT molecular complexity index is 902. The normalized spacial score (nSPS) is 10.3. The average molecular weight is 332 g/mol. The van der Waals surface area contributed by atoms with E-state index in [1.54, 1.807) is 25.3 Å². The molecular formula is C21H20N2O2. The van der Waals surface area contributed by atoms with Crippen LogP contribution in [0.25, 0.3) is 0 Å². The largest absolute Gasteiger partial charge is 0.496 e. The fourth-order valence-corrected chi connectivity index (χ4v) is 2.60. The Morgan fingerprint density at radius 1 is 0.960 bits per heavy atom. The summed E-state index contributed by atoms with van der Waals surface area (Å²) in [7, 11) is 1.60. The van der Waals surface area contributed by atoms with Gasteiger partial charge in [-0.15, -0.1) is 0 Å². The van der Waals surface area contributed by atoms with Crippen LogP contribution >= 0.6 is 0 Å². The number of rotatable bonds is 5. The third kappa shape index (κ3) is 3.63. The van der Waals surface area contributed by atoms with Gasteiger partial charge in [0.1, 0.15) is 5.75 Å². The number of methoxy groups -OCH3 is 1. The van der Waals surface area contributed by atoms with Crippen LogP contribution in [0.15, 0.2) is 66.7 Å². The van der Waals surface area contributed by atoms with Gasteiger partial charge < -0.3 is 15.8 Å². The molecule has 0 spiro atoms. The molecule has 3 rings (SSSR count). The molecule has 3 N–H and O–H groups in total. The van der Waals surface area contributed by atoms with Crippen LogP contribution in [-0.2, 0) is 0 Å². The highest BCUT2D eigenvalue weighted by Crippen LogP contribution is 2.24. The zero-order valence-electron chi connectivity index (χ0n) is 14.2. The molecule has 0 fully saturated rings. The molecule has 3 aromatic rings. The third-order valence-electron chi connectivity index (χ3n) is 4.06. The molecule has 0 aliphatic rings. The Morgan fingerprint density at radius 3 is 2.32 bits per heavy atom. The predicted octanol–water partition coefficient (Wildman–Crippen LogP) is 4.56. The first-order chi connectivity index (χ1) is 12.1. The summed E-state index contributed by atoms with van der Waals surface area (Å²) in [6, 6.07) is 20.4. The maximum atomic E-state index is 12.7. The Hall–Kier alpha value is -3.27. The zero-order chi connectivity index (χ0) is 17.8. The van der Waals surface area contributed by atoms with Crippen LogP contribution in [0.4, 0.5) is 17.1 Å². The van der Waals surface area contributed by atoms with Gasteiger partial charge in [0.25, 0.3) is 0 Å². The van der Waals surface area contributed by atoms with Crippen molar-refractivity contribution in [3.05, 3.63) is 83.4 Å². The summed E-state index contributed by atoms with van der Waals surface area (Å²) in [4.78, 5) is 12.7. The topological polar surface area (TPSA) is 64.3 Å². The molecule has 0 saturated heterocycles. The standard InChI is InChI=1S/C21H20N2O2/c1-14-7-8-16(13-20(14)25-2)21(24)15-9-11-17(12-10-15)23-19-6-4-3-5-18(19)22/h3-13,23H,22H2,1-2H3. The van der Waals surface area contributed by atoms with Crippen molar-refractivity contribution in [1.29, 1.82) is 0 Å². The summed E-state index contributed by atoms with van der Waals surface area (Å²) in [5.74, 6) is 0.674. The van der Waals surface area contributed by atoms with Crippen molar-refractivity contribution in [1.82, 2.24) is 0 Å². The number of hydrogen-bond acceptors (Lipinski definition) is 4. The highest BCUT2D eigenvalue weighted by molar-refractivity contribution is 6.09. The van der Waals surface area contributed by atoms with Gasteiger partial charge in [0.2, 0.25) is 0 Å². The van der Waals surface area contributed by atoms with E-state index in [1.165, 1.54) is 0 Å². The van der Waals surface area contributed by atoms with Crippen LogP contribution in [-0.4, -0.2) is 12.9 Å². The second-order valence-electron chi connectivity index (χ2n) is 5.80. The van der Waals surface area contributed by atoms with E-state index in [0.717, 1.165) is 16.9 Å². The minimum Gasteiger partial charge on any atom is -0.496 e. The molecule has 0 aliphatic carbocycles. The van der Waals surface area contributed by atoms with Crippen LogP contribution in [0.2, 0.25) is 0 Å². The number of benzene rings is 3. The van der Waals surface area contributed by atoms with E-state index in [0.29, 0.717) is 22.6 Å². The number of aryl methyl sites for hydroxylation is 1. The summed E-state index contributed by atoms with van der Waals surface area (Å²) in [6.07, 6.45) is 0. The maximum Gasteiger partial charge on any atom is 0.193 e. The zero-order valence-corrected chi connectivity index (χ0v) is 14.2. The van der Waals surface area contributed by atoms with Crippen molar-refractivity contribution < 1.29 is 9.53 Å². The summed E-state index contributed by atoms with van der Waals surface area (Å²) in [5.41, 5.74) is 10.5. The van der Waals surface area contributed by atoms with Gasteiger partial charge in [0.05, 0.1) is 18.5 Å². The van der Waals surface area contributed by atoms with Crippen molar-refractivity contribution >= 4 is 22.8 Å². The maximum absolute atomic E-state index is 12.7. The van der Waals surface area contributed by atoms with Gasteiger partial charge in [0, 0.05) is 16.8 Å². The van der Waals surface area contributed by atoms with Gasteiger partial charge in [-0.05, 0) is 55.0 Å². The quantitative estimate of drug-likeness (QED) is 0.531. The van der Waals surface area contributed by atoms with Gasteiger partial charge in [-0.3, -0.25) is 4.79 Å². The lowest BCUT2D eigenvalue weighted by atomic mass is 10.0. The van der Waals surface area contributed by atoms with Crippen LogP contribution < -0.4 is 15.8 Å². The smallest absolute Gasteiger partial charge is 0.193 e. The van der Waals surface area contributed by atoms with E-state index < -0.39 is 0 Å². The van der Waals surface area contributed by atoms with E-state index in [2.05, 4.69) is 5.32 Å². The van der Waals surface area contributed by atoms with Crippen LogP contribution in [0, 0.1) is 6.92 Å². The SMILES string of the molecule is COc1cc(C(=O)c2ccc(Nc3ccccc3N)cc2)ccc1C. The molecule has 0 aromatic heterocycles. The lowest BCUT2D eigenvalue weighted by molar-refractivity contribution is 0.103. The van der Waals surface area contributed by atoms with Gasteiger partial charge in [0.15, 0.2) is 5.78 Å². The third-order valence-corrected chi connectivity index (χ3v) is 4.06. The summed E-state index contributed by atoms with van der Waals surface area (Å²) in [6.45, 7) is 1.95. The number of carbonyl (C=O) groups excluding carboxylic acids is 1. The molecule has 126 valence electrons. The number of nitrogen functional groups attached to an aromatic ring is 1. The Balaban J connectivity index is 1.80. The number of ether oxygens (including phenoxy) is 1. The van der Waals surface area contributed by atoms with Gasteiger partial charge in [-0.2, -0.15) is 0 Å².